The van der Waals surface area contributed by atoms with Gasteiger partial charge in [-0.15, -0.1) is 10.2 Å². The molecule has 3 aromatic rings. The summed E-state index contributed by atoms with van der Waals surface area (Å²) >= 11 is 1.02. The van der Waals surface area contributed by atoms with Crippen LogP contribution in [0.15, 0.2) is 52.1 Å². The minimum atomic E-state index is -0.970. The Balaban J connectivity index is 1.61. The molecule has 138 valence electrons. The fourth-order valence-electron chi connectivity index (χ4n) is 2.24. The number of hydrogen-bond donors (Lipinski definition) is 1. The van der Waals surface area contributed by atoms with E-state index in [0.717, 1.165) is 35.0 Å². The first-order chi connectivity index (χ1) is 12.9. The number of amides is 1. The van der Waals surface area contributed by atoms with Gasteiger partial charge in [-0.25, -0.2) is 0 Å². The fourth-order valence-corrected chi connectivity index (χ4v) is 2.81. The van der Waals surface area contributed by atoms with Crippen molar-refractivity contribution in [2.75, 3.05) is 11.1 Å². The van der Waals surface area contributed by atoms with Crippen LogP contribution in [-0.4, -0.2) is 26.8 Å². The smallest absolute Gasteiger partial charge is 0.306 e. The molecule has 1 amide bonds. The van der Waals surface area contributed by atoms with E-state index in [2.05, 4.69) is 15.5 Å². The number of thioether (sulfide) groups is 1. The number of rotatable bonds is 6. The Bertz CT molecular complexity index is 1010. The second-order valence-corrected chi connectivity index (χ2v) is 6.37. The molecule has 3 rings (SSSR count). The Labute approximate surface area is 156 Å². The number of nitro benzene ring substituents is 1. The highest BCUT2D eigenvalue weighted by molar-refractivity contribution is 7.99. The van der Waals surface area contributed by atoms with E-state index >= 15 is 0 Å². The third kappa shape index (κ3) is 4.47. The van der Waals surface area contributed by atoms with E-state index in [0.29, 0.717) is 5.89 Å². The predicted molar refractivity (Wildman–Crippen MR) is 96.9 cm³/mol. The zero-order chi connectivity index (χ0) is 19.4. The van der Waals surface area contributed by atoms with Gasteiger partial charge in [-0.05, 0) is 30.7 Å². The third-order valence-electron chi connectivity index (χ3n) is 3.54. The number of hydrogen-bond acceptors (Lipinski definition) is 7. The second-order valence-electron chi connectivity index (χ2n) is 5.45. The van der Waals surface area contributed by atoms with E-state index < -0.39 is 22.3 Å². The van der Waals surface area contributed by atoms with Crippen LogP contribution in [0.4, 0.5) is 15.8 Å². The van der Waals surface area contributed by atoms with E-state index in [9.17, 15) is 19.3 Å². The number of halogens is 1. The van der Waals surface area contributed by atoms with Gasteiger partial charge in [0.05, 0.1) is 10.7 Å². The molecule has 0 saturated carbocycles. The molecule has 8 nitrogen and oxygen atoms in total. The van der Waals surface area contributed by atoms with Crippen LogP contribution in [0.3, 0.4) is 0 Å². The van der Waals surface area contributed by atoms with E-state index in [1.54, 1.807) is 0 Å². The number of nitro groups is 1. The van der Waals surface area contributed by atoms with Crippen molar-refractivity contribution in [3.8, 4) is 11.5 Å². The van der Waals surface area contributed by atoms with Gasteiger partial charge in [0.15, 0.2) is 0 Å². The Morgan fingerprint density at radius 3 is 2.81 bits per heavy atom. The van der Waals surface area contributed by atoms with Gasteiger partial charge in [-0.1, -0.05) is 30.0 Å². The number of anilines is 1. The number of carbonyl (C=O) groups is 1. The Kier molecular flexibility index (Phi) is 5.46. The van der Waals surface area contributed by atoms with E-state index in [4.69, 9.17) is 4.42 Å². The first-order valence-corrected chi connectivity index (χ1v) is 8.68. The van der Waals surface area contributed by atoms with Gasteiger partial charge in [0.2, 0.25) is 17.6 Å². The summed E-state index contributed by atoms with van der Waals surface area (Å²) in [5, 5.41) is 21.3. The lowest BCUT2D eigenvalue weighted by atomic mass is 10.1. The van der Waals surface area contributed by atoms with Crippen molar-refractivity contribution in [2.24, 2.45) is 0 Å². The van der Waals surface area contributed by atoms with Gasteiger partial charge in [-0.3, -0.25) is 14.9 Å². The van der Waals surface area contributed by atoms with Gasteiger partial charge in [0.1, 0.15) is 0 Å². The van der Waals surface area contributed by atoms with Gasteiger partial charge in [0.25, 0.3) is 5.22 Å². The molecule has 1 N–H and O–H groups in total. The summed E-state index contributed by atoms with van der Waals surface area (Å²) in [6.45, 7) is 1.92. The molecule has 0 radical (unpaired) electrons. The number of aryl methyl sites for hydroxylation is 1. The van der Waals surface area contributed by atoms with Gasteiger partial charge >= 0.3 is 5.69 Å². The fraction of sp³-hybridized carbons (Fsp3) is 0.118. The van der Waals surface area contributed by atoms with Gasteiger partial charge in [0, 0.05) is 17.3 Å². The topological polar surface area (TPSA) is 111 Å². The SMILES string of the molecule is Cc1ccccc1-c1nnc(SCC(=O)Nc2ccc(F)c([N+](=O)[O-])c2)o1. The third-order valence-corrected chi connectivity index (χ3v) is 4.35. The summed E-state index contributed by atoms with van der Waals surface area (Å²) in [6.07, 6.45) is 0. The highest BCUT2D eigenvalue weighted by atomic mass is 32.2. The quantitative estimate of drug-likeness (QED) is 0.388. The van der Waals surface area contributed by atoms with Crippen LogP contribution in [0.5, 0.6) is 0 Å². The minimum absolute atomic E-state index is 0.0550. The van der Waals surface area contributed by atoms with Crippen molar-refractivity contribution in [2.45, 2.75) is 12.1 Å². The molecule has 1 heterocycles. The molecular formula is C17H13FN4O4S. The van der Waals surface area contributed by atoms with Crippen LogP contribution in [0, 0.1) is 22.9 Å². The van der Waals surface area contributed by atoms with Crippen LogP contribution < -0.4 is 5.32 Å². The van der Waals surface area contributed by atoms with Crippen molar-refractivity contribution >= 4 is 29.0 Å². The van der Waals surface area contributed by atoms with Crippen LogP contribution in [0.25, 0.3) is 11.5 Å². The standard InChI is InChI=1S/C17H13FN4O4S/c1-10-4-2-3-5-12(10)16-20-21-17(26-16)27-9-15(23)19-11-6-7-13(18)14(8-11)22(24)25/h2-8H,9H2,1H3,(H,19,23). The summed E-state index contributed by atoms with van der Waals surface area (Å²) in [4.78, 5) is 21.9. The maximum absolute atomic E-state index is 13.3. The number of aromatic nitrogens is 2. The van der Waals surface area contributed by atoms with Crippen molar-refractivity contribution < 1.29 is 18.5 Å². The van der Waals surface area contributed by atoms with Crippen molar-refractivity contribution in [3.05, 3.63) is 64.0 Å². The molecule has 0 unspecified atom stereocenters. The lowest BCUT2D eigenvalue weighted by molar-refractivity contribution is -0.387. The second kappa shape index (κ2) is 7.96. The zero-order valence-electron chi connectivity index (χ0n) is 14.0. The normalized spacial score (nSPS) is 10.6. The highest BCUT2D eigenvalue weighted by Crippen LogP contribution is 2.26. The molecule has 0 spiro atoms. The number of carbonyl (C=O) groups excluding carboxylic acids is 1. The molecule has 0 atom stereocenters. The maximum atomic E-state index is 13.3. The lowest BCUT2D eigenvalue weighted by Gasteiger charge is -2.04. The Hall–Kier alpha value is -3.27. The molecule has 0 saturated heterocycles. The molecule has 0 aliphatic heterocycles. The average molecular weight is 388 g/mol. The minimum Gasteiger partial charge on any atom is -0.411 e. The molecule has 0 aliphatic carbocycles. The molecule has 1 aromatic heterocycles. The molecule has 27 heavy (non-hydrogen) atoms. The van der Waals surface area contributed by atoms with Crippen molar-refractivity contribution in [1.82, 2.24) is 10.2 Å². The summed E-state index contributed by atoms with van der Waals surface area (Å²) in [6, 6.07) is 10.7. The summed E-state index contributed by atoms with van der Waals surface area (Å²) in [7, 11) is 0. The van der Waals surface area contributed by atoms with E-state index in [1.807, 2.05) is 31.2 Å². The van der Waals surface area contributed by atoms with Crippen LogP contribution in [0.1, 0.15) is 5.56 Å². The molecular weight excluding hydrogens is 375 g/mol. The predicted octanol–water partition coefficient (Wildman–Crippen LogP) is 3.82. The highest BCUT2D eigenvalue weighted by Gasteiger charge is 2.16. The Morgan fingerprint density at radius 1 is 1.30 bits per heavy atom. The zero-order valence-corrected chi connectivity index (χ0v) is 14.8. The monoisotopic (exact) mass is 388 g/mol. The summed E-state index contributed by atoms with van der Waals surface area (Å²) in [5.74, 6) is -1.12. The molecule has 0 bridgehead atoms. The van der Waals surface area contributed by atoms with Crippen LogP contribution >= 0.6 is 11.8 Å². The van der Waals surface area contributed by atoms with Crippen molar-refractivity contribution in [1.29, 1.82) is 0 Å². The van der Waals surface area contributed by atoms with Crippen LogP contribution in [0.2, 0.25) is 0 Å². The Morgan fingerprint density at radius 2 is 2.07 bits per heavy atom. The molecule has 2 aromatic carbocycles. The van der Waals surface area contributed by atoms with Crippen molar-refractivity contribution in [3.63, 3.8) is 0 Å². The molecule has 0 fully saturated rings. The van der Waals surface area contributed by atoms with Gasteiger partial charge < -0.3 is 9.73 Å². The molecule has 0 aliphatic rings. The number of benzene rings is 2. The summed E-state index contributed by atoms with van der Waals surface area (Å²) in [5.41, 5.74) is 1.20. The van der Waals surface area contributed by atoms with Crippen LogP contribution in [-0.2, 0) is 4.79 Å². The van der Waals surface area contributed by atoms with Gasteiger partial charge in [-0.2, -0.15) is 4.39 Å². The maximum Gasteiger partial charge on any atom is 0.306 e. The largest absolute Gasteiger partial charge is 0.411 e. The number of nitrogens with zero attached hydrogens (tertiary/aromatic N) is 3. The van der Waals surface area contributed by atoms with E-state index in [-0.39, 0.29) is 16.7 Å². The first-order valence-electron chi connectivity index (χ1n) is 7.70. The lowest BCUT2D eigenvalue weighted by Crippen LogP contribution is -2.14. The number of nitrogens with one attached hydrogen (secondary N) is 1. The van der Waals surface area contributed by atoms with E-state index in [1.165, 1.54) is 6.07 Å². The molecule has 10 heteroatoms. The average Bonchev–Trinajstić information content (AvgIpc) is 3.10. The first kappa shape index (κ1) is 18.5. The summed E-state index contributed by atoms with van der Waals surface area (Å²) < 4.78 is 18.9.